The summed E-state index contributed by atoms with van der Waals surface area (Å²) in [6.07, 6.45) is 7.13. The zero-order valence-electron chi connectivity index (χ0n) is 14.1. The molecule has 0 saturated carbocycles. The third-order valence-corrected chi connectivity index (χ3v) is 4.28. The Kier molecular flexibility index (Phi) is 3.68. The number of aryl methyl sites for hydroxylation is 2. The van der Waals surface area contributed by atoms with Crippen LogP contribution in [0.25, 0.3) is 0 Å². The van der Waals surface area contributed by atoms with Gasteiger partial charge in [0.2, 0.25) is 0 Å². The van der Waals surface area contributed by atoms with Gasteiger partial charge in [-0.3, -0.25) is 24.4 Å². The van der Waals surface area contributed by atoms with Crippen LogP contribution in [0.3, 0.4) is 0 Å². The normalized spacial score (nSPS) is 13.9. The Bertz CT molecular complexity index is 920. The van der Waals surface area contributed by atoms with Gasteiger partial charge in [-0.2, -0.15) is 5.10 Å². The number of pyridine rings is 2. The number of fused-ring (bicyclic) bond motifs is 1. The van der Waals surface area contributed by atoms with Crippen LogP contribution in [0.5, 0.6) is 0 Å². The smallest absolute Gasteiger partial charge is 0.288 e. The molecule has 3 aromatic heterocycles. The number of anilines is 2. The van der Waals surface area contributed by atoms with E-state index in [1.165, 1.54) is 0 Å². The van der Waals surface area contributed by atoms with Crippen LogP contribution in [0.2, 0.25) is 0 Å². The van der Waals surface area contributed by atoms with E-state index in [-0.39, 0.29) is 6.03 Å². The Morgan fingerprint density at radius 3 is 2.76 bits per heavy atom. The summed E-state index contributed by atoms with van der Waals surface area (Å²) in [5.41, 5.74) is 4.35. The fraction of sp³-hybridized carbons (Fsp3) is 0.222. The molecule has 0 bridgehead atoms. The van der Waals surface area contributed by atoms with E-state index < -0.39 is 0 Å². The fourth-order valence-corrected chi connectivity index (χ4v) is 3.14. The lowest BCUT2D eigenvalue weighted by atomic mass is 10.1. The number of hydrogen-bond acceptors (Lipinski definition) is 4. The Morgan fingerprint density at radius 2 is 2.04 bits per heavy atom. The molecular formula is C18H18N6O. The molecule has 4 heterocycles. The first kappa shape index (κ1) is 15.3. The van der Waals surface area contributed by atoms with Crippen LogP contribution in [-0.2, 0) is 20.1 Å². The Labute approximate surface area is 145 Å². The van der Waals surface area contributed by atoms with E-state index in [1.807, 2.05) is 50.6 Å². The molecule has 0 radical (unpaired) electrons. The molecule has 0 aromatic carbocycles. The van der Waals surface area contributed by atoms with Gasteiger partial charge in [0.15, 0.2) is 0 Å². The average Bonchev–Trinajstić information content (AvgIpc) is 2.96. The summed E-state index contributed by atoms with van der Waals surface area (Å²) in [6, 6.07) is 7.50. The molecule has 0 fully saturated rings. The fourth-order valence-electron chi connectivity index (χ4n) is 3.14. The topological polar surface area (TPSA) is 67.2 Å². The molecule has 1 aliphatic rings. The van der Waals surface area contributed by atoms with Gasteiger partial charge in [-0.05, 0) is 25.1 Å². The van der Waals surface area contributed by atoms with Crippen LogP contribution in [-0.4, -0.2) is 25.8 Å². The molecule has 0 saturated heterocycles. The van der Waals surface area contributed by atoms with E-state index in [0.29, 0.717) is 13.1 Å². The molecule has 3 aromatic rings. The van der Waals surface area contributed by atoms with Crippen molar-refractivity contribution < 1.29 is 4.79 Å². The van der Waals surface area contributed by atoms with Gasteiger partial charge in [-0.15, -0.1) is 0 Å². The molecule has 0 spiro atoms. The minimum atomic E-state index is -0.0829. The predicted molar refractivity (Wildman–Crippen MR) is 94.2 cm³/mol. The van der Waals surface area contributed by atoms with E-state index in [2.05, 4.69) is 15.1 Å². The summed E-state index contributed by atoms with van der Waals surface area (Å²) in [5.74, 6) is 0. The van der Waals surface area contributed by atoms with Crippen molar-refractivity contribution in [2.24, 2.45) is 7.05 Å². The molecule has 0 atom stereocenters. The number of nitrogens with zero attached hydrogens (tertiary/aromatic N) is 6. The summed E-state index contributed by atoms with van der Waals surface area (Å²) in [5, 5.41) is 4.36. The molecule has 7 nitrogen and oxygen atoms in total. The Hall–Kier alpha value is -3.22. The number of hydrogen-bond donors (Lipinski definition) is 0. The molecule has 0 aliphatic carbocycles. The van der Waals surface area contributed by atoms with Gasteiger partial charge in [0.25, 0.3) is 0 Å². The summed E-state index contributed by atoms with van der Waals surface area (Å²) >= 11 is 0. The number of urea groups is 1. The first-order chi connectivity index (χ1) is 12.1. The summed E-state index contributed by atoms with van der Waals surface area (Å²) in [4.78, 5) is 25.3. The van der Waals surface area contributed by atoms with Crippen LogP contribution >= 0.6 is 0 Å². The van der Waals surface area contributed by atoms with E-state index in [9.17, 15) is 4.79 Å². The maximum atomic E-state index is 13.2. The second kappa shape index (κ2) is 6.01. The largest absolute Gasteiger partial charge is 0.329 e. The average molecular weight is 334 g/mol. The highest BCUT2D eigenvalue weighted by Gasteiger charge is 2.33. The van der Waals surface area contributed by atoms with Gasteiger partial charge in [0.05, 0.1) is 35.9 Å². The van der Waals surface area contributed by atoms with E-state index in [1.54, 1.807) is 26.9 Å². The quantitative estimate of drug-likeness (QED) is 0.738. The molecule has 25 heavy (non-hydrogen) atoms. The van der Waals surface area contributed by atoms with Gasteiger partial charge < -0.3 is 0 Å². The summed E-state index contributed by atoms with van der Waals surface area (Å²) in [7, 11) is 1.85. The summed E-state index contributed by atoms with van der Waals surface area (Å²) in [6.45, 7) is 2.80. The standard InChI is InChI=1S/C18H18N6O/c1-13-17(12-22(2)21-13)23-10-14-9-19-8-6-16(14)24(18(23)25)11-15-5-3-4-7-20-15/h3-9,12H,10-11H2,1-2H3. The maximum Gasteiger partial charge on any atom is 0.329 e. The molecule has 7 heteroatoms. The Balaban J connectivity index is 1.76. The van der Waals surface area contributed by atoms with Crippen molar-refractivity contribution in [1.82, 2.24) is 19.7 Å². The maximum absolute atomic E-state index is 13.2. The number of carbonyl (C=O) groups excluding carboxylic acids is 1. The lowest BCUT2D eigenvalue weighted by Gasteiger charge is -2.36. The molecule has 126 valence electrons. The lowest BCUT2D eigenvalue weighted by molar-refractivity contribution is 0.249. The third-order valence-electron chi connectivity index (χ3n) is 4.28. The third kappa shape index (κ3) is 2.73. The van der Waals surface area contributed by atoms with Crippen molar-refractivity contribution in [3.05, 3.63) is 66.0 Å². The molecule has 2 amide bonds. The zero-order valence-corrected chi connectivity index (χ0v) is 14.1. The van der Waals surface area contributed by atoms with Crippen molar-refractivity contribution in [2.45, 2.75) is 20.0 Å². The number of rotatable bonds is 3. The van der Waals surface area contributed by atoms with Crippen LogP contribution in [0, 0.1) is 6.92 Å². The molecule has 0 unspecified atom stereocenters. The minimum Gasteiger partial charge on any atom is -0.288 e. The highest BCUT2D eigenvalue weighted by atomic mass is 16.2. The van der Waals surface area contributed by atoms with E-state index in [4.69, 9.17) is 0 Å². The first-order valence-corrected chi connectivity index (χ1v) is 8.05. The van der Waals surface area contributed by atoms with Crippen molar-refractivity contribution in [2.75, 3.05) is 9.80 Å². The van der Waals surface area contributed by atoms with Crippen LogP contribution in [0.1, 0.15) is 17.0 Å². The number of amides is 2. The van der Waals surface area contributed by atoms with Crippen molar-refractivity contribution in [1.29, 1.82) is 0 Å². The highest BCUT2D eigenvalue weighted by Crippen LogP contribution is 2.33. The van der Waals surface area contributed by atoms with Crippen LogP contribution < -0.4 is 9.80 Å². The van der Waals surface area contributed by atoms with E-state index in [0.717, 1.165) is 28.3 Å². The number of carbonyl (C=O) groups is 1. The van der Waals surface area contributed by atoms with Crippen LogP contribution in [0.4, 0.5) is 16.2 Å². The SMILES string of the molecule is Cc1nn(C)cc1N1Cc2cnccc2N(Cc2ccccn2)C1=O. The highest BCUT2D eigenvalue weighted by molar-refractivity contribution is 6.06. The van der Waals surface area contributed by atoms with Gasteiger partial charge in [0.1, 0.15) is 0 Å². The second-order valence-corrected chi connectivity index (χ2v) is 6.05. The van der Waals surface area contributed by atoms with Crippen molar-refractivity contribution >= 4 is 17.4 Å². The monoisotopic (exact) mass is 334 g/mol. The number of aromatic nitrogens is 4. The van der Waals surface area contributed by atoms with Gasteiger partial charge in [-0.1, -0.05) is 6.07 Å². The predicted octanol–water partition coefficient (Wildman–Crippen LogP) is 2.67. The summed E-state index contributed by atoms with van der Waals surface area (Å²) < 4.78 is 1.72. The lowest BCUT2D eigenvalue weighted by Crippen LogP contribution is -2.47. The van der Waals surface area contributed by atoms with Gasteiger partial charge in [0, 0.05) is 37.4 Å². The Morgan fingerprint density at radius 1 is 1.16 bits per heavy atom. The van der Waals surface area contributed by atoms with Crippen molar-refractivity contribution in [3.63, 3.8) is 0 Å². The zero-order chi connectivity index (χ0) is 17.4. The van der Waals surface area contributed by atoms with Gasteiger partial charge >= 0.3 is 6.03 Å². The van der Waals surface area contributed by atoms with E-state index >= 15 is 0 Å². The molecule has 4 rings (SSSR count). The first-order valence-electron chi connectivity index (χ1n) is 8.05. The van der Waals surface area contributed by atoms with Gasteiger partial charge in [-0.25, -0.2) is 4.79 Å². The second-order valence-electron chi connectivity index (χ2n) is 6.05. The molecule has 1 aliphatic heterocycles. The molecule has 0 N–H and O–H groups in total. The molecular weight excluding hydrogens is 316 g/mol. The van der Waals surface area contributed by atoms with Crippen LogP contribution in [0.15, 0.2) is 49.1 Å². The minimum absolute atomic E-state index is 0.0829. The van der Waals surface area contributed by atoms with Crippen molar-refractivity contribution in [3.8, 4) is 0 Å².